The minimum atomic E-state index is -0.435. The molecule has 0 bridgehead atoms. The minimum absolute atomic E-state index is 0.0823. The molecule has 1 atom stereocenters. The predicted molar refractivity (Wildman–Crippen MR) is 84.8 cm³/mol. The fourth-order valence-corrected chi connectivity index (χ4v) is 4.56. The number of thioether (sulfide) groups is 1. The van der Waals surface area contributed by atoms with E-state index in [1.54, 1.807) is 0 Å². The molecule has 3 rings (SSSR count). The van der Waals surface area contributed by atoms with Gasteiger partial charge in [0.15, 0.2) is 4.34 Å². The Kier molecular flexibility index (Phi) is 4.86. The van der Waals surface area contributed by atoms with E-state index in [4.69, 9.17) is 10.5 Å². The Labute approximate surface area is 137 Å². The SMILES string of the molecule is Nc1nnc(SCC(=O)N2CCC3(CC2)OCCC[C@@H]3O)s1. The second-order valence-electron chi connectivity index (χ2n) is 5.65. The van der Waals surface area contributed by atoms with Crippen LogP contribution in [-0.4, -0.2) is 63.3 Å². The number of nitrogens with two attached hydrogens (primary N) is 1. The van der Waals surface area contributed by atoms with E-state index in [0.29, 0.717) is 47.8 Å². The van der Waals surface area contributed by atoms with Gasteiger partial charge in [-0.25, -0.2) is 0 Å². The molecule has 122 valence electrons. The molecule has 2 aliphatic rings. The van der Waals surface area contributed by atoms with Crippen LogP contribution in [0.1, 0.15) is 25.7 Å². The van der Waals surface area contributed by atoms with Crippen LogP contribution in [-0.2, 0) is 9.53 Å². The molecule has 0 aliphatic carbocycles. The smallest absolute Gasteiger partial charge is 0.233 e. The largest absolute Gasteiger partial charge is 0.390 e. The number of piperidine rings is 1. The van der Waals surface area contributed by atoms with E-state index in [9.17, 15) is 9.90 Å². The number of ether oxygens (including phenoxy) is 1. The van der Waals surface area contributed by atoms with Crippen molar-refractivity contribution in [2.75, 3.05) is 31.2 Å². The van der Waals surface area contributed by atoms with Crippen molar-refractivity contribution < 1.29 is 14.6 Å². The zero-order valence-electron chi connectivity index (χ0n) is 12.2. The van der Waals surface area contributed by atoms with Gasteiger partial charge in [0.05, 0.1) is 17.5 Å². The van der Waals surface area contributed by atoms with Gasteiger partial charge < -0.3 is 20.5 Å². The van der Waals surface area contributed by atoms with Crippen LogP contribution < -0.4 is 5.73 Å². The molecule has 3 heterocycles. The Morgan fingerprint density at radius 3 is 2.91 bits per heavy atom. The Hall–Kier alpha value is -0.900. The summed E-state index contributed by atoms with van der Waals surface area (Å²) < 4.78 is 6.57. The average molecular weight is 344 g/mol. The van der Waals surface area contributed by atoms with Crippen LogP contribution in [0.25, 0.3) is 0 Å². The van der Waals surface area contributed by atoms with Crippen LogP contribution in [0, 0.1) is 0 Å². The van der Waals surface area contributed by atoms with Gasteiger partial charge in [-0.15, -0.1) is 10.2 Å². The van der Waals surface area contributed by atoms with Crippen LogP contribution in [0.2, 0.25) is 0 Å². The topological polar surface area (TPSA) is 102 Å². The molecule has 1 aromatic rings. The molecule has 0 saturated carbocycles. The predicted octanol–water partition coefficient (Wildman–Crippen LogP) is 0.745. The zero-order chi connectivity index (χ0) is 15.6. The third-order valence-electron chi connectivity index (χ3n) is 4.32. The molecule has 9 heteroatoms. The first-order valence-corrected chi connectivity index (χ1v) is 9.21. The van der Waals surface area contributed by atoms with Gasteiger partial charge >= 0.3 is 0 Å². The summed E-state index contributed by atoms with van der Waals surface area (Å²) in [5.41, 5.74) is 5.08. The van der Waals surface area contributed by atoms with Crippen molar-refractivity contribution in [1.29, 1.82) is 0 Å². The average Bonchev–Trinajstić information content (AvgIpc) is 2.94. The lowest BCUT2D eigenvalue weighted by Gasteiger charge is -2.46. The lowest BCUT2D eigenvalue weighted by Crippen LogP contribution is -2.56. The van der Waals surface area contributed by atoms with Gasteiger partial charge in [0.2, 0.25) is 11.0 Å². The van der Waals surface area contributed by atoms with Crippen LogP contribution in [0.5, 0.6) is 0 Å². The maximum Gasteiger partial charge on any atom is 0.233 e. The van der Waals surface area contributed by atoms with E-state index in [1.165, 1.54) is 23.1 Å². The summed E-state index contributed by atoms with van der Waals surface area (Å²) >= 11 is 2.65. The molecule has 1 spiro atoms. The van der Waals surface area contributed by atoms with Crippen molar-refractivity contribution in [2.24, 2.45) is 0 Å². The number of hydrogen-bond acceptors (Lipinski definition) is 8. The molecule has 0 aromatic carbocycles. The summed E-state index contributed by atoms with van der Waals surface area (Å²) in [7, 11) is 0. The number of anilines is 1. The second kappa shape index (κ2) is 6.69. The highest BCUT2D eigenvalue weighted by Gasteiger charge is 2.44. The number of hydrogen-bond donors (Lipinski definition) is 2. The lowest BCUT2D eigenvalue weighted by molar-refractivity contribution is -0.179. The molecular formula is C13H20N4O3S2. The Balaban J connectivity index is 1.49. The van der Waals surface area contributed by atoms with Crippen molar-refractivity contribution in [2.45, 2.75) is 41.7 Å². The highest BCUT2D eigenvalue weighted by Crippen LogP contribution is 2.35. The van der Waals surface area contributed by atoms with E-state index in [1.807, 2.05) is 4.90 Å². The van der Waals surface area contributed by atoms with Gasteiger partial charge in [-0.1, -0.05) is 23.1 Å². The maximum atomic E-state index is 12.3. The highest BCUT2D eigenvalue weighted by molar-refractivity contribution is 8.01. The first kappa shape index (κ1) is 16.0. The molecule has 2 fully saturated rings. The van der Waals surface area contributed by atoms with E-state index < -0.39 is 11.7 Å². The normalized spacial score (nSPS) is 24.6. The number of aliphatic hydroxyl groups is 1. The number of nitrogens with zero attached hydrogens (tertiary/aromatic N) is 3. The Morgan fingerprint density at radius 2 is 2.27 bits per heavy atom. The standard InChI is InChI=1S/C13H20N4O3S2/c14-11-15-16-12(22-11)21-8-10(19)17-5-3-13(4-6-17)9(18)2-1-7-20-13/h9,18H,1-8H2,(H2,14,15)/t9-/m0/s1. The third-order valence-corrected chi connectivity index (χ3v) is 6.19. The van der Waals surface area contributed by atoms with Crippen molar-refractivity contribution in [3.8, 4) is 0 Å². The van der Waals surface area contributed by atoms with Gasteiger partial charge in [0.1, 0.15) is 0 Å². The quantitative estimate of drug-likeness (QED) is 0.780. The second-order valence-corrected chi connectivity index (χ2v) is 7.88. The summed E-state index contributed by atoms with van der Waals surface area (Å²) in [6.07, 6.45) is 2.71. The summed E-state index contributed by atoms with van der Waals surface area (Å²) in [6, 6.07) is 0. The molecular weight excluding hydrogens is 324 g/mol. The molecule has 0 unspecified atom stereocenters. The third kappa shape index (κ3) is 3.37. The number of carbonyl (C=O) groups excluding carboxylic acids is 1. The van der Waals surface area contributed by atoms with Crippen LogP contribution in [0.4, 0.5) is 5.13 Å². The first-order chi connectivity index (χ1) is 10.6. The summed E-state index contributed by atoms with van der Waals surface area (Å²) in [5, 5.41) is 18.2. The lowest BCUT2D eigenvalue weighted by atomic mass is 9.82. The van der Waals surface area contributed by atoms with Crippen molar-refractivity contribution in [3.63, 3.8) is 0 Å². The Bertz CT molecular complexity index is 531. The monoisotopic (exact) mass is 344 g/mol. The molecule has 2 saturated heterocycles. The van der Waals surface area contributed by atoms with Crippen LogP contribution >= 0.6 is 23.1 Å². The van der Waals surface area contributed by atoms with Gasteiger partial charge in [-0.3, -0.25) is 4.79 Å². The molecule has 7 nitrogen and oxygen atoms in total. The summed E-state index contributed by atoms with van der Waals surface area (Å²) in [5.74, 6) is 0.421. The van der Waals surface area contributed by atoms with E-state index in [0.717, 1.165) is 12.8 Å². The van der Waals surface area contributed by atoms with Crippen molar-refractivity contribution >= 4 is 34.1 Å². The number of likely N-dealkylation sites (tertiary alicyclic amines) is 1. The summed E-state index contributed by atoms with van der Waals surface area (Å²) in [6.45, 7) is 1.97. The number of rotatable bonds is 3. The number of amides is 1. The summed E-state index contributed by atoms with van der Waals surface area (Å²) in [4.78, 5) is 14.1. The zero-order valence-corrected chi connectivity index (χ0v) is 13.9. The van der Waals surface area contributed by atoms with Crippen LogP contribution in [0.15, 0.2) is 4.34 Å². The first-order valence-electron chi connectivity index (χ1n) is 7.41. The molecule has 1 amide bonds. The van der Waals surface area contributed by atoms with Crippen molar-refractivity contribution in [3.05, 3.63) is 0 Å². The van der Waals surface area contributed by atoms with Gasteiger partial charge in [-0.05, 0) is 25.7 Å². The fraction of sp³-hybridized carbons (Fsp3) is 0.769. The Morgan fingerprint density at radius 1 is 1.50 bits per heavy atom. The van der Waals surface area contributed by atoms with Crippen molar-refractivity contribution in [1.82, 2.24) is 15.1 Å². The molecule has 1 aromatic heterocycles. The van der Waals surface area contributed by atoms with E-state index in [-0.39, 0.29) is 5.91 Å². The molecule has 22 heavy (non-hydrogen) atoms. The van der Waals surface area contributed by atoms with Gasteiger partial charge in [0.25, 0.3) is 0 Å². The molecule has 0 radical (unpaired) electrons. The van der Waals surface area contributed by atoms with Gasteiger partial charge in [-0.2, -0.15) is 0 Å². The van der Waals surface area contributed by atoms with Gasteiger partial charge in [0, 0.05) is 19.7 Å². The molecule has 2 aliphatic heterocycles. The fourth-order valence-electron chi connectivity index (χ4n) is 3.02. The number of aliphatic hydroxyl groups excluding tert-OH is 1. The van der Waals surface area contributed by atoms with E-state index >= 15 is 0 Å². The molecule has 3 N–H and O–H groups in total. The number of aromatic nitrogens is 2. The van der Waals surface area contributed by atoms with Crippen LogP contribution in [0.3, 0.4) is 0 Å². The number of nitrogen functional groups attached to an aromatic ring is 1. The highest BCUT2D eigenvalue weighted by atomic mass is 32.2. The van der Waals surface area contributed by atoms with E-state index in [2.05, 4.69) is 10.2 Å². The number of carbonyl (C=O) groups is 1. The maximum absolute atomic E-state index is 12.3. The minimum Gasteiger partial charge on any atom is -0.390 e.